The van der Waals surface area contributed by atoms with E-state index in [-0.39, 0.29) is 52.4 Å². The zero-order chi connectivity index (χ0) is 27.3. The van der Waals surface area contributed by atoms with Crippen molar-refractivity contribution in [1.82, 2.24) is 0 Å². The Bertz CT molecular complexity index is 898. The van der Waals surface area contributed by atoms with Crippen molar-refractivity contribution in [3.8, 4) is 0 Å². The Morgan fingerprint density at radius 2 is 1.70 bits per heavy atom. The predicted molar refractivity (Wildman–Crippen MR) is 136 cm³/mol. The molecule has 0 heterocycles. The molecule has 0 aliphatic heterocycles. The molecular weight excluding hydrogens is 500 g/mol. The molecule has 10 heteroatoms. The Morgan fingerprint density at radius 3 is 2.35 bits per heavy atom. The molecule has 13 atom stereocenters. The third kappa shape index (κ3) is 5.51. The molecule has 0 aromatic rings. The maximum atomic E-state index is 11.7. The van der Waals surface area contributed by atoms with Gasteiger partial charge in [-0.25, -0.2) is 4.18 Å². The van der Waals surface area contributed by atoms with E-state index in [2.05, 4.69) is 25.0 Å². The summed E-state index contributed by atoms with van der Waals surface area (Å²) < 4.78 is 34.9. The van der Waals surface area contributed by atoms with Crippen LogP contribution < -0.4 is 0 Å². The van der Waals surface area contributed by atoms with Crippen LogP contribution in [0.4, 0.5) is 0 Å². The quantitative estimate of drug-likeness (QED) is 0.237. The zero-order valence-electron chi connectivity index (χ0n) is 22.4. The number of aliphatic hydroxyl groups excluding tert-OH is 5. The summed E-state index contributed by atoms with van der Waals surface area (Å²) in [7, 11) is -4.65. The van der Waals surface area contributed by atoms with Gasteiger partial charge in [0.1, 0.15) is 0 Å². The molecule has 0 saturated heterocycles. The highest BCUT2D eigenvalue weighted by Gasteiger charge is 2.65. The first-order valence-electron chi connectivity index (χ1n) is 14.2. The summed E-state index contributed by atoms with van der Waals surface area (Å²) in [5.74, 6) is 0.439. The van der Waals surface area contributed by atoms with Gasteiger partial charge < -0.3 is 25.5 Å². The van der Waals surface area contributed by atoms with Crippen molar-refractivity contribution in [3.63, 3.8) is 0 Å². The smallest absolute Gasteiger partial charge is 0.396 e. The molecule has 0 aromatic carbocycles. The summed E-state index contributed by atoms with van der Waals surface area (Å²) in [6.07, 6.45) is 4.54. The highest BCUT2D eigenvalue weighted by molar-refractivity contribution is 7.80. The van der Waals surface area contributed by atoms with Crippen LogP contribution in [-0.4, -0.2) is 76.1 Å². The Morgan fingerprint density at radius 1 is 1.00 bits per heavy atom. The van der Waals surface area contributed by atoms with Crippen LogP contribution in [0.25, 0.3) is 0 Å². The number of rotatable bonds is 9. The van der Waals surface area contributed by atoms with Crippen LogP contribution in [0.1, 0.15) is 78.6 Å². The summed E-state index contributed by atoms with van der Waals surface area (Å²) in [6.45, 7) is 5.67. The summed E-state index contributed by atoms with van der Waals surface area (Å²) in [5.41, 5.74) is -0.309. The van der Waals surface area contributed by atoms with Crippen LogP contribution in [0.2, 0.25) is 0 Å². The number of hydrogen-bond acceptors (Lipinski definition) is 8. The van der Waals surface area contributed by atoms with Gasteiger partial charge in [0.05, 0.1) is 37.6 Å². The molecule has 216 valence electrons. The van der Waals surface area contributed by atoms with Gasteiger partial charge >= 0.3 is 10.4 Å². The van der Waals surface area contributed by atoms with Crippen molar-refractivity contribution in [3.05, 3.63) is 0 Å². The van der Waals surface area contributed by atoms with Gasteiger partial charge in [0.15, 0.2) is 0 Å². The molecule has 4 aliphatic carbocycles. The van der Waals surface area contributed by atoms with E-state index in [1.807, 2.05) is 0 Å². The molecule has 4 rings (SSSR count). The lowest BCUT2D eigenvalue weighted by Crippen LogP contribution is -2.62. The molecule has 0 bridgehead atoms. The molecule has 0 amide bonds. The predicted octanol–water partition coefficient (Wildman–Crippen LogP) is 2.15. The number of aliphatic hydroxyl groups is 5. The largest absolute Gasteiger partial charge is 0.397 e. The molecule has 0 radical (unpaired) electrons. The Balaban J connectivity index is 1.45. The third-order valence-corrected chi connectivity index (χ3v) is 12.1. The molecule has 4 aliphatic rings. The van der Waals surface area contributed by atoms with Crippen LogP contribution in [-0.2, 0) is 14.6 Å². The fourth-order valence-electron chi connectivity index (χ4n) is 9.46. The highest BCUT2D eigenvalue weighted by atomic mass is 32.3. The lowest BCUT2D eigenvalue weighted by Gasteiger charge is -2.63. The van der Waals surface area contributed by atoms with E-state index in [1.165, 1.54) is 0 Å². The van der Waals surface area contributed by atoms with Gasteiger partial charge in [0.2, 0.25) is 0 Å². The molecule has 9 nitrogen and oxygen atoms in total. The first-order chi connectivity index (χ1) is 17.2. The molecule has 4 fully saturated rings. The first-order valence-corrected chi connectivity index (χ1v) is 15.5. The van der Waals surface area contributed by atoms with E-state index in [0.29, 0.717) is 19.3 Å². The van der Waals surface area contributed by atoms with E-state index in [0.717, 1.165) is 38.5 Å². The van der Waals surface area contributed by atoms with E-state index in [9.17, 15) is 34.0 Å². The standard InChI is InChI=1S/C27H48O9S/c1-15(4-7-22(30)16(13-28)14-36-37(33,34)35)19-5-6-20-25-21(12-24(32)27(19,20)3)26(2)9-8-18(29)10-17(26)11-23(25)31/h15-25,28-32H,4-14H2,1-3H3,(H,33,34,35)/t15-,16?,17?,18-,19-,20?,21?,22+,23?,24?,25?,26+,27-/m1/s1. The van der Waals surface area contributed by atoms with Crippen molar-refractivity contribution in [2.75, 3.05) is 13.2 Å². The second kappa shape index (κ2) is 10.9. The van der Waals surface area contributed by atoms with Crippen LogP contribution in [0.15, 0.2) is 0 Å². The van der Waals surface area contributed by atoms with Crippen LogP contribution in [0.3, 0.4) is 0 Å². The van der Waals surface area contributed by atoms with Crippen molar-refractivity contribution >= 4 is 10.4 Å². The lowest BCUT2D eigenvalue weighted by atomic mass is 9.43. The fourth-order valence-corrected chi connectivity index (χ4v) is 9.81. The van der Waals surface area contributed by atoms with Gasteiger partial charge in [0.25, 0.3) is 0 Å². The molecule has 7 unspecified atom stereocenters. The van der Waals surface area contributed by atoms with Crippen molar-refractivity contribution in [2.45, 2.75) is 103 Å². The highest BCUT2D eigenvalue weighted by Crippen LogP contribution is 2.68. The van der Waals surface area contributed by atoms with Gasteiger partial charge in [-0.2, -0.15) is 8.42 Å². The van der Waals surface area contributed by atoms with Crippen molar-refractivity contribution in [1.29, 1.82) is 0 Å². The Hall–Kier alpha value is -0.330. The third-order valence-electron chi connectivity index (χ3n) is 11.6. The number of hydrogen-bond donors (Lipinski definition) is 6. The van der Waals surface area contributed by atoms with Crippen LogP contribution >= 0.6 is 0 Å². The maximum Gasteiger partial charge on any atom is 0.397 e. The van der Waals surface area contributed by atoms with Crippen LogP contribution in [0, 0.1) is 52.3 Å². The minimum absolute atomic E-state index is 0.0304. The lowest BCUT2D eigenvalue weighted by molar-refractivity contribution is -0.207. The minimum Gasteiger partial charge on any atom is -0.396 e. The van der Waals surface area contributed by atoms with Crippen molar-refractivity contribution < 1.29 is 42.7 Å². The number of fused-ring (bicyclic) bond motifs is 5. The second-order valence-corrected chi connectivity index (χ2v) is 14.4. The fraction of sp³-hybridized carbons (Fsp3) is 1.00. The average molecular weight is 549 g/mol. The Kier molecular flexibility index (Phi) is 8.75. The summed E-state index contributed by atoms with van der Waals surface area (Å²) >= 11 is 0. The van der Waals surface area contributed by atoms with Gasteiger partial charge in [-0.05, 0) is 104 Å². The Labute approximate surface area is 221 Å². The average Bonchev–Trinajstić information content (AvgIpc) is 3.17. The molecule has 0 aromatic heterocycles. The normalized spacial score (nSPS) is 46.4. The van der Waals surface area contributed by atoms with Crippen LogP contribution in [0.5, 0.6) is 0 Å². The molecule has 4 saturated carbocycles. The van der Waals surface area contributed by atoms with E-state index in [4.69, 9.17) is 4.55 Å². The van der Waals surface area contributed by atoms with Gasteiger partial charge in [-0.1, -0.05) is 20.8 Å². The van der Waals surface area contributed by atoms with E-state index in [1.54, 1.807) is 0 Å². The van der Waals surface area contributed by atoms with Gasteiger partial charge in [0, 0.05) is 5.92 Å². The monoisotopic (exact) mass is 548 g/mol. The molecule has 0 spiro atoms. The minimum atomic E-state index is -4.65. The first kappa shape index (κ1) is 29.6. The molecule has 6 N–H and O–H groups in total. The summed E-state index contributed by atoms with van der Waals surface area (Å²) in [6, 6.07) is 0. The zero-order valence-corrected chi connectivity index (χ0v) is 23.3. The second-order valence-electron chi connectivity index (χ2n) is 13.3. The summed E-state index contributed by atoms with van der Waals surface area (Å²) in [5, 5.41) is 53.5. The summed E-state index contributed by atoms with van der Waals surface area (Å²) in [4.78, 5) is 0. The van der Waals surface area contributed by atoms with Gasteiger partial charge in [-0.3, -0.25) is 4.55 Å². The van der Waals surface area contributed by atoms with E-state index >= 15 is 0 Å². The molecular formula is C27H48O9S. The maximum absolute atomic E-state index is 11.7. The van der Waals surface area contributed by atoms with Gasteiger partial charge in [-0.15, -0.1) is 0 Å². The molecule has 37 heavy (non-hydrogen) atoms. The van der Waals surface area contributed by atoms with Crippen molar-refractivity contribution in [2.24, 2.45) is 52.3 Å². The topological polar surface area (TPSA) is 165 Å². The SMILES string of the molecule is C[C@H](CC[C@H](O)C(CO)COS(=O)(=O)O)[C@H]1CCC2C3C(O)CC4C[C@H](O)CC[C@]4(C)C3CC(O)[C@@]21C. The van der Waals surface area contributed by atoms with E-state index < -0.39 is 47.8 Å².